The normalized spacial score (nSPS) is 12.3. The van der Waals surface area contributed by atoms with Crippen molar-refractivity contribution >= 4 is 5.91 Å². The van der Waals surface area contributed by atoms with Crippen LogP contribution in [0.25, 0.3) is 0 Å². The molecule has 4 nitrogen and oxygen atoms in total. The highest BCUT2D eigenvalue weighted by Gasteiger charge is 2.42. The van der Waals surface area contributed by atoms with Gasteiger partial charge in [0, 0.05) is 13.1 Å². The fourth-order valence-corrected chi connectivity index (χ4v) is 1.65. The lowest BCUT2D eigenvalue weighted by molar-refractivity contribution is -0.185. The number of alkyl halides is 3. The quantitative estimate of drug-likeness (QED) is 0.671. The van der Waals surface area contributed by atoms with Crippen molar-refractivity contribution in [2.24, 2.45) is 0 Å². The Balaban J connectivity index is 4.34. The minimum atomic E-state index is -4.78. The Morgan fingerprint density at radius 1 is 0.842 bits per heavy atom. The monoisotopic (exact) mass is 283 g/mol. The molecule has 7 heteroatoms. The van der Waals surface area contributed by atoms with Crippen LogP contribution in [0.4, 0.5) is 13.2 Å². The summed E-state index contributed by atoms with van der Waals surface area (Å²) in [5.41, 5.74) is 0. The van der Waals surface area contributed by atoms with Gasteiger partial charge in [-0.05, 0) is 54.1 Å². The van der Waals surface area contributed by atoms with Crippen molar-refractivity contribution in [1.29, 1.82) is 0 Å². The Kier molecular flexibility index (Phi) is 8.01. The second-order valence-corrected chi connectivity index (χ2v) is 5.10. The molecule has 0 spiro atoms. The summed E-state index contributed by atoms with van der Waals surface area (Å²) in [5.74, 6) is -1.73. The Hall–Kier alpha value is -0.820. The van der Waals surface area contributed by atoms with Crippen molar-refractivity contribution in [1.82, 2.24) is 14.7 Å². The predicted octanol–water partition coefficient (Wildman–Crippen LogP) is 1.28. The summed E-state index contributed by atoms with van der Waals surface area (Å²) < 4.78 is 37.4. The number of nitrogens with zero attached hydrogens (tertiary/aromatic N) is 3. The van der Waals surface area contributed by atoms with E-state index in [1.165, 1.54) is 0 Å². The van der Waals surface area contributed by atoms with Crippen molar-refractivity contribution in [3.63, 3.8) is 0 Å². The van der Waals surface area contributed by atoms with Crippen LogP contribution in [-0.2, 0) is 4.79 Å². The largest absolute Gasteiger partial charge is 0.471 e. The average molecular weight is 283 g/mol. The summed E-state index contributed by atoms with van der Waals surface area (Å²) in [6, 6.07) is 0. The third kappa shape index (κ3) is 8.83. The molecule has 0 rings (SSSR count). The summed E-state index contributed by atoms with van der Waals surface area (Å²) in [6.45, 7) is 1.61. The fourth-order valence-electron chi connectivity index (χ4n) is 1.65. The van der Waals surface area contributed by atoms with Crippen molar-refractivity contribution in [2.45, 2.75) is 19.0 Å². The molecule has 0 N–H and O–H groups in total. The summed E-state index contributed by atoms with van der Waals surface area (Å²) in [6.07, 6.45) is -3.70. The van der Waals surface area contributed by atoms with Gasteiger partial charge < -0.3 is 14.7 Å². The highest BCUT2D eigenvalue weighted by Crippen LogP contribution is 2.18. The molecule has 1 amide bonds. The molecule has 0 atom stereocenters. The summed E-state index contributed by atoms with van der Waals surface area (Å²) in [5, 5.41) is 0. The van der Waals surface area contributed by atoms with Gasteiger partial charge in [-0.3, -0.25) is 4.79 Å². The second kappa shape index (κ2) is 8.37. The number of hydrogen-bond donors (Lipinski definition) is 0. The van der Waals surface area contributed by atoms with Gasteiger partial charge in [-0.2, -0.15) is 13.2 Å². The van der Waals surface area contributed by atoms with Crippen molar-refractivity contribution in [3.05, 3.63) is 0 Å². The molecule has 0 heterocycles. The van der Waals surface area contributed by atoms with Gasteiger partial charge >= 0.3 is 12.1 Å². The molecule has 0 aliphatic rings. The predicted molar refractivity (Wildman–Crippen MR) is 69.0 cm³/mol. The molecule has 0 aliphatic carbocycles. The Morgan fingerprint density at radius 3 is 1.47 bits per heavy atom. The molecule has 0 bridgehead atoms. The van der Waals surface area contributed by atoms with E-state index in [1.54, 1.807) is 0 Å². The van der Waals surface area contributed by atoms with E-state index in [2.05, 4.69) is 0 Å². The average Bonchev–Trinajstić information content (AvgIpc) is 2.23. The second-order valence-electron chi connectivity index (χ2n) is 5.10. The smallest absolute Gasteiger partial charge is 0.335 e. The van der Waals surface area contributed by atoms with Crippen LogP contribution in [0.1, 0.15) is 12.8 Å². The fraction of sp³-hybridized carbons (Fsp3) is 0.917. The van der Waals surface area contributed by atoms with Crippen molar-refractivity contribution < 1.29 is 18.0 Å². The number of rotatable bonds is 8. The maximum absolute atomic E-state index is 12.5. The van der Waals surface area contributed by atoms with Crippen molar-refractivity contribution in [3.8, 4) is 0 Å². The third-order valence-electron chi connectivity index (χ3n) is 2.60. The first-order chi connectivity index (χ1) is 8.64. The van der Waals surface area contributed by atoms with Gasteiger partial charge in [0.25, 0.3) is 0 Å². The van der Waals surface area contributed by atoms with Crippen LogP contribution in [0.15, 0.2) is 0 Å². The molecule has 0 saturated carbocycles. The van der Waals surface area contributed by atoms with E-state index in [0.29, 0.717) is 25.9 Å². The molecule has 0 radical (unpaired) electrons. The van der Waals surface area contributed by atoms with Gasteiger partial charge in [-0.1, -0.05) is 0 Å². The minimum Gasteiger partial charge on any atom is -0.335 e. The first kappa shape index (κ1) is 18.2. The first-order valence-electron chi connectivity index (χ1n) is 6.30. The molecule has 0 unspecified atom stereocenters. The molecular weight excluding hydrogens is 259 g/mol. The highest BCUT2D eigenvalue weighted by atomic mass is 19.4. The molecule has 0 aromatic rings. The van der Waals surface area contributed by atoms with Gasteiger partial charge in [0.15, 0.2) is 0 Å². The standard InChI is InChI=1S/C12H24F3N3O/c1-16(2)7-5-9-18(10-6-8-17(3)4)11(19)12(13,14)15/h5-10H2,1-4H3. The van der Waals surface area contributed by atoms with E-state index in [9.17, 15) is 18.0 Å². The van der Waals surface area contributed by atoms with Gasteiger partial charge in [0.05, 0.1) is 0 Å². The summed E-state index contributed by atoms with van der Waals surface area (Å²) in [7, 11) is 7.40. The van der Waals surface area contributed by atoms with E-state index in [-0.39, 0.29) is 13.1 Å². The van der Waals surface area contributed by atoms with E-state index >= 15 is 0 Å². The maximum Gasteiger partial charge on any atom is 0.471 e. The van der Waals surface area contributed by atoms with Crippen LogP contribution in [0.3, 0.4) is 0 Å². The zero-order valence-corrected chi connectivity index (χ0v) is 12.1. The Morgan fingerprint density at radius 2 is 1.21 bits per heavy atom. The third-order valence-corrected chi connectivity index (χ3v) is 2.60. The van der Waals surface area contributed by atoms with E-state index < -0.39 is 12.1 Å². The Bertz CT molecular complexity index is 253. The number of halogens is 3. The van der Waals surface area contributed by atoms with Gasteiger partial charge in [0.1, 0.15) is 0 Å². The van der Waals surface area contributed by atoms with Crippen LogP contribution < -0.4 is 0 Å². The topological polar surface area (TPSA) is 26.8 Å². The zero-order chi connectivity index (χ0) is 15.1. The number of carbonyl (C=O) groups is 1. The number of amides is 1. The maximum atomic E-state index is 12.5. The van der Waals surface area contributed by atoms with Crippen molar-refractivity contribution in [2.75, 3.05) is 54.4 Å². The van der Waals surface area contributed by atoms with E-state index in [0.717, 1.165) is 4.90 Å². The highest BCUT2D eigenvalue weighted by molar-refractivity contribution is 5.81. The van der Waals surface area contributed by atoms with Crippen LogP contribution in [0.2, 0.25) is 0 Å². The molecule has 0 aromatic carbocycles. The Labute approximate surface area is 113 Å². The molecule has 0 saturated heterocycles. The van der Waals surface area contributed by atoms with Gasteiger partial charge in [0.2, 0.25) is 0 Å². The van der Waals surface area contributed by atoms with Gasteiger partial charge in [-0.25, -0.2) is 0 Å². The van der Waals surface area contributed by atoms with Crippen LogP contribution in [0.5, 0.6) is 0 Å². The van der Waals surface area contributed by atoms with E-state index in [4.69, 9.17) is 0 Å². The lowest BCUT2D eigenvalue weighted by Crippen LogP contribution is -2.43. The lowest BCUT2D eigenvalue weighted by Gasteiger charge is -2.25. The number of hydrogen-bond acceptors (Lipinski definition) is 3. The molecule has 0 fully saturated rings. The summed E-state index contributed by atoms with van der Waals surface area (Å²) >= 11 is 0. The molecule has 114 valence electrons. The molecular formula is C12H24F3N3O. The van der Waals surface area contributed by atoms with Crippen LogP contribution in [-0.4, -0.2) is 81.2 Å². The molecule has 0 aromatic heterocycles. The lowest BCUT2D eigenvalue weighted by atomic mass is 10.3. The van der Waals surface area contributed by atoms with Crippen LogP contribution >= 0.6 is 0 Å². The van der Waals surface area contributed by atoms with Crippen LogP contribution in [0, 0.1) is 0 Å². The first-order valence-corrected chi connectivity index (χ1v) is 6.30. The minimum absolute atomic E-state index is 0.143. The zero-order valence-electron chi connectivity index (χ0n) is 12.1. The SMILES string of the molecule is CN(C)CCCN(CCCN(C)C)C(=O)C(F)(F)F. The number of carbonyl (C=O) groups excluding carboxylic acids is 1. The van der Waals surface area contributed by atoms with Gasteiger partial charge in [-0.15, -0.1) is 0 Å². The molecule has 0 aliphatic heterocycles. The summed E-state index contributed by atoms with van der Waals surface area (Å²) in [4.78, 5) is 16.0. The molecule has 19 heavy (non-hydrogen) atoms. The van der Waals surface area contributed by atoms with E-state index in [1.807, 2.05) is 38.0 Å².